The summed E-state index contributed by atoms with van der Waals surface area (Å²) >= 11 is 0. The first-order chi connectivity index (χ1) is 17.2. The van der Waals surface area contributed by atoms with Crippen LogP contribution in [0.3, 0.4) is 0 Å². The first kappa shape index (κ1) is 22.7. The minimum Gasteiger partial charge on any atom is -0.353 e. The molecule has 2 aromatic carbocycles. The number of aryl methyl sites for hydroxylation is 1. The number of hydrogen-bond acceptors (Lipinski definition) is 4. The number of para-hydroxylation sites is 1. The lowest BCUT2D eigenvalue weighted by atomic mass is 10.0. The van der Waals surface area contributed by atoms with E-state index in [4.69, 9.17) is 4.98 Å². The number of hydrogen-bond donors (Lipinski definition) is 1. The minimum absolute atomic E-state index is 0.00719. The Morgan fingerprint density at radius 3 is 2.40 bits per heavy atom. The molecule has 0 aliphatic carbocycles. The van der Waals surface area contributed by atoms with Crippen LogP contribution in [0.25, 0.3) is 22.2 Å². The molecule has 5 rings (SSSR count). The van der Waals surface area contributed by atoms with Crippen molar-refractivity contribution in [2.75, 3.05) is 13.1 Å². The molecular formula is C29H28N4O2. The van der Waals surface area contributed by atoms with Gasteiger partial charge in [0.2, 0.25) is 5.91 Å². The van der Waals surface area contributed by atoms with Crippen molar-refractivity contribution >= 4 is 22.7 Å². The van der Waals surface area contributed by atoms with Crippen LogP contribution in [-0.4, -0.2) is 45.8 Å². The van der Waals surface area contributed by atoms with Crippen molar-refractivity contribution < 1.29 is 9.59 Å². The van der Waals surface area contributed by atoms with Crippen LogP contribution >= 0.6 is 0 Å². The highest BCUT2D eigenvalue weighted by molar-refractivity contribution is 6.07. The average Bonchev–Trinajstić information content (AvgIpc) is 2.92. The van der Waals surface area contributed by atoms with E-state index in [9.17, 15) is 9.59 Å². The maximum absolute atomic E-state index is 13.6. The largest absolute Gasteiger partial charge is 0.353 e. The Morgan fingerprint density at radius 2 is 1.63 bits per heavy atom. The maximum Gasteiger partial charge on any atom is 0.254 e. The molecule has 3 heterocycles. The topological polar surface area (TPSA) is 75.2 Å². The summed E-state index contributed by atoms with van der Waals surface area (Å²) in [4.78, 5) is 36.8. The van der Waals surface area contributed by atoms with E-state index in [1.54, 1.807) is 12.4 Å². The lowest BCUT2D eigenvalue weighted by Gasteiger charge is -2.32. The van der Waals surface area contributed by atoms with Gasteiger partial charge in [-0.25, -0.2) is 4.98 Å². The fourth-order valence-corrected chi connectivity index (χ4v) is 4.62. The molecule has 1 N–H and O–H groups in total. The van der Waals surface area contributed by atoms with Gasteiger partial charge in [0.15, 0.2) is 0 Å². The zero-order chi connectivity index (χ0) is 24.0. The number of fused-ring (bicyclic) bond motifs is 1. The minimum atomic E-state index is 0.00719. The van der Waals surface area contributed by atoms with Crippen molar-refractivity contribution in [2.45, 2.75) is 31.7 Å². The van der Waals surface area contributed by atoms with Crippen LogP contribution in [0.5, 0.6) is 0 Å². The van der Waals surface area contributed by atoms with E-state index in [1.807, 2.05) is 77.7 Å². The van der Waals surface area contributed by atoms with Gasteiger partial charge in [-0.1, -0.05) is 48.5 Å². The number of carbonyl (C=O) groups is 2. The van der Waals surface area contributed by atoms with Crippen LogP contribution < -0.4 is 5.32 Å². The summed E-state index contributed by atoms with van der Waals surface area (Å²) in [6.45, 7) is 1.23. The Bertz CT molecular complexity index is 1320. The lowest BCUT2D eigenvalue weighted by Crippen LogP contribution is -2.46. The predicted molar refractivity (Wildman–Crippen MR) is 137 cm³/mol. The highest BCUT2D eigenvalue weighted by atomic mass is 16.2. The summed E-state index contributed by atoms with van der Waals surface area (Å²) < 4.78 is 0. The molecule has 4 aromatic rings. The third-order valence-corrected chi connectivity index (χ3v) is 6.55. The van der Waals surface area contributed by atoms with Gasteiger partial charge in [-0.2, -0.15) is 0 Å². The fourth-order valence-electron chi connectivity index (χ4n) is 4.62. The van der Waals surface area contributed by atoms with Gasteiger partial charge in [0.1, 0.15) is 0 Å². The molecule has 6 heteroatoms. The van der Waals surface area contributed by atoms with Gasteiger partial charge in [0.05, 0.1) is 16.8 Å². The Balaban J connectivity index is 1.24. The summed E-state index contributed by atoms with van der Waals surface area (Å²) in [7, 11) is 0. The number of aromatic nitrogens is 2. The standard InChI is InChI=1S/C29H28N4O2/c34-28(11-10-21-6-2-1-3-7-21)31-23-14-18-33(19-15-23)29(35)25-20-27(22-12-16-30-17-13-22)32-26-9-5-4-8-24(25)26/h1-9,12-13,16-17,20,23H,10-11,14-15,18-19H2,(H,31,34). The molecule has 0 spiro atoms. The molecule has 2 amide bonds. The number of nitrogens with one attached hydrogen (secondary N) is 1. The number of pyridine rings is 2. The fraction of sp³-hybridized carbons (Fsp3) is 0.241. The highest BCUT2D eigenvalue weighted by Gasteiger charge is 2.26. The summed E-state index contributed by atoms with van der Waals surface area (Å²) in [5.41, 5.74) is 4.31. The first-order valence-electron chi connectivity index (χ1n) is 12.1. The molecule has 0 saturated carbocycles. The van der Waals surface area contributed by atoms with Crippen molar-refractivity contribution in [1.82, 2.24) is 20.2 Å². The number of likely N-dealkylation sites (tertiary alicyclic amines) is 1. The Hall–Kier alpha value is -4.06. The highest BCUT2D eigenvalue weighted by Crippen LogP contribution is 2.26. The van der Waals surface area contributed by atoms with Crippen molar-refractivity contribution in [3.05, 3.63) is 96.3 Å². The predicted octanol–water partition coefficient (Wildman–Crippen LogP) is 4.65. The van der Waals surface area contributed by atoms with Crippen molar-refractivity contribution in [2.24, 2.45) is 0 Å². The number of benzene rings is 2. The SMILES string of the molecule is O=C(CCc1ccccc1)NC1CCN(C(=O)c2cc(-c3ccncc3)nc3ccccc23)CC1. The monoisotopic (exact) mass is 464 g/mol. The van der Waals surface area contributed by atoms with Crippen LogP contribution in [0, 0.1) is 0 Å². The van der Waals surface area contributed by atoms with E-state index < -0.39 is 0 Å². The second-order valence-corrected chi connectivity index (χ2v) is 8.93. The van der Waals surface area contributed by atoms with Crippen LogP contribution in [0.2, 0.25) is 0 Å². The quantitative estimate of drug-likeness (QED) is 0.451. The zero-order valence-corrected chi connectivity index (χ0v) is 19.6. The molecular weight excluding hydrogens is 436 g/mol. The molecule has 6 nitrogen and oxygen atoms in total. The van der Waals surface area contributed by atoms with E-state index >= 15 is 0 Å². The number of piperidine rings is 1. The first-order valence-corrected chi connectivity index (χ1v) is 12.1. The molecule has 1 aliphatic heterocycles. The average molecular weight is 465 g/mol. The van der Waals surface area contributed by atoms with E-state index in [1.165, 1.54) is 5.56 Å². The number of carbonyl (C=O) groups excluding carboxylic acids is 2. The maximum atomic E-state index is 13.6. The third-order valence-electron chi connectivity index (χ3n) is 6.55. The van der Waals surface area contributed by atoms with Gasteiger partial charge in [-0.05, 0) is 49.1 Å². The second kappa shape index (κ2) is 10.5. The molecule has 176 valence electrons. The second-order valence-electron chi connectivity index (χ2n) is 8.93. The van der Waals surface area contributed by atoms with Gasteiger partial charge in [-0.15, -0.1) is 0 Å². The van der Waals surface area contributed by atoms with Gasteiger partial charge in [-0.3, -0.25) is 14.6 Å². The zero-order valence-electron chi connectivity index (χ0n) is 19.6. The van der Waals surface area contributed by atoms with Crippen molar-refractivity contribution in [3.8, 4) is 11.3 Å². The molecule has 35 heavy (non-hydrogen) atoms. The third kappa shape index (κ3) is 5.38. The molecule has 2 aromatic heterocycles. The van der Waals surface area contributed by atoms with Crippen molar-refractivity contribution in [1.29, 1.82) is 0 Å². The molecule has 1 aliphatic rings. The number of nitrogens with zero attached hydrogens (tertiary/aromatic N) is 3. The Kier molecular flexibility index (Phi) is 6.80. The van der Waals surface area contributed by atoms with Gasteiger partial charge >= 0.3 is 0 Å². The van der Waals surface area contributed by atoms with Crippen LogP contribution in [-0.2, 0) is 11.2 Å². The molecule has 1 saturated heterocycles. The molecule has 1 fully saturated rings. The molecule has 0 radical (unpaired) electrons. The lowest BCUT2D eigenvalue weighted by molar-refractivity contribution is -0.122. The molecule has 0 atom stereocenters. The van der Waals surface area contributed by atoms with Gasteiger partial charge in [0, 0.05) is 48.9 Å². The summed E-state index contributed by atoms with van der Waals surface area (Å²) in [6, 6.07) is 23.6. The number of rotatable bonds is 6. The van der Waals surface area contributed by atoms with E-state index in [2.05, 4.69) is 10.3 Å². The van der Waals surface area contributed by atoms with Crippen LogP contribution in [0.15, 0.2) is 85.2 Å². The Labute approximate surface area is 205 Å². The molecule has 0 unspecified atom stereocenters. The number of amides is 2. The summed E-state index contributed by atoms with van der Waals surface area (Å²) in [6.07, 6.45) is 6.17. The van der Waals surface area contributed by atoms with Gasteiger partial charge < -0.3 is 10.2 Å². The smallest absolute Gasteiger partial charge is 0.254 e. The summed E-state index contributed by atoms with van der Waals surface area (Å²) in [5.74, 6) is 0.0773. The van der Waals surface area contributed by atoms with Crippen LogP contribution in [0.4, 0.5) is 0 Å². The van der Waals surface area contributed by atoms with Crippen LogP contribution in [0.1, 0.15) is 35.2 Å². The molecule has 0 bridgehead atoms. The Morgan fingerprint density at radius 1 is 0.914 bits per heavy atom. The van der Waals surface area contributed by atoms with Gasteiger partial charge in [0.25, 0.3) is 5.91 Å². The van der Waals surface area contributed by atoms with Crippen molar-refractivity contribution in [3.63, 3.8) is 0 Å². The van der Waals surface area contributed by atoms with E-state index in [0.29, 0.717) is 25.1 Å². The normalized spacial score (nSPS) is 14.1. The van der Waals surface area contributed by atoms with E-state index in [0.717, 1.165) is 41.4 Å². The summed E-state index contributed by atoms with van der Waals surface area (Å²) in [5, 5.41) is 4.01. The van der Waals surface area contributed by atoms with E-state index in [-0.39, 0.29) is 17.9 Å².